The topological polar surface area (TPSA) is 88.7 Å². The maximum atomic E-state index is 12.2. The quantitative estimate of drug-likeness (QED) is 0.178. The number of carboxylic acids is 1. The highest BCUT2D eigenvalue weighted by atomic mass is 35.5. The van der Waals surface area contributed by atoms with Gasteiger partial charge >= 0.3 is 5.97 Å². The van der Waals surface area contributed by atoms with E-state index < -0.39 is 11.4 Å². The van der Waals surface area contributed by atoms with E-state index in [0.29, 0.717) is 49.3 Å². The number of aromatic nitrogens is 2. The van der Waals surface area contributed by atoms with Crippen LogP contribution in [0.3, 0.4) is 0 Å². The Labute approximate surface area is 255 Å². The summed E-state index contributed by atoms with van der Waals surface area (Å²) in [5, 5.41) is 14.8. The molecular formula is C35H32ClN3O4. The Morgan fingerprint density at radius 2 is 1.53 bits per heavy atom. The van der Waals surface area contributed by atoms with E-state index in [1.165, 1.54) is 0 Å². The van der Waals surface area contributed by atoms with Crippen LogP contribution in [-0.4, -0.2) is 45.8 Å². The minimum atomic E-state index is -0.850. The van der Waals surface area contributed by atoms with Gasteiger partial charge in [-0.3, -0.25) is 9.69 Å². The molecule has 6 rings (SSSR count). The lowest BCUT2D eigenvalue weighted by molar-refractivity contribution is -0.157. The average molecular weight is 594 g/mol. The summed E-state index contributed by atoms with van der Waals surface area (Å²) in [5.41, 5.74) is 4.93. The molecule has 0 spiro atoms. The van der Waals surface area contributed by atoms with Gasteiger partial charge in [-0.15, -0.1) is 0 Å². The lowest BCUT2D eigenvalue weighted by atomic mass is 9.79. The van der Waals surface area contributed by atoms with Crippen LogP contribution in [0.25, 0.3) is 34.0 Å². The van der Waals surface area contributed by atoms with Gasteiger partial charge in [0.05, 0.1) is 18.6 Å². The molecule has 218 valence electrons. The molecule has 0 radical (unpaired) electrons. The van der Waals surface area contributed by atoms with Crippen LogP contribution in [0, 0.1) is 5.41 Å². The van der Waals surface area contributed by atoms with Gasteiger partial charge in [-0.25, -0.2) is 0 Å². The second-order valence-corrected chi connectivity index (χ2v) is 11.4. The third-order valence-corrected chi connectivity index (χ3v) is 8.41. The van der Waals surface area contributed by atoms with E-state index in [-0.39, 0.29) is 6.61 Å². The van der Waals surface area contributed by atoms with Crippen molar-refractivity contribution in [3.8, 4) is 34.0 Å². The zero-order valence-electron chi connectivity index (χ0n) is 23.7. The number of carbonyl (C=O) groups is 1. The Morgan fingerprint density at radius 3 is 2.21 bits per heavy atom. The van der Waals surface area contributed by atoms with Crippen molar-refractivity contribution >= 4 is 17.6 Å². The van der Waals surface area contributed by atoms with Gasteiger partial charge in [0.1, 0.15) is 0 Å². The summed E-state index contributed by atoms with van der Waals surface area (Å²) in [5.74, 6) is 0.131. The predicted molar refractivity (Wildman–Crippen MR) is 166 cm³/mol. The Bertz CT molecular complexity index is 1660. The first-order valence-electron chi connectivity index (χ1n) is 14.3. The zero-order valence-corrected chi connectivity index (χ0v) is 24.4. The smallest absolute Gasteiger partial charge is 0.312 e. The Morgan fingerprint density at radius 1 is 0.860 bits per heavy atom. The first kappa shape index (κ1) is 28.8. The van der Waals surface area contributed by atoms with Crippen molar-refractivity contribution in [1.29, 1.82) is 0 Å². The van der Waals surface area contributed by atoms with E-state index in [0.717, 1.165) is 39.9 Å². The predicted octanol–water partition coefficient (Wildman–Crippen LogP) is 7.61. The summed E-state index contributed by atoms with van der Waals surface area (Å²) in [6.45, 7) is 2.77. The van der Waals surface area contributed by atoms with Crippen LogP contribution in [0.5, 0.6) is 0 Å². The van der Waals surface area contributed by atoms with Crippen molar-refractivity contribution in [3.63, 3.8) is 0 Å². The standard InChI is InChI=1S/C35H32ClN3O4/c36-31-21-29(15-16-30(31)27-9-5-2-6-10-27)33-37-32(38-43-33)28-13-11-25(12-14-28)22-39-19-17-35(18-20-39,34(40)41)24-42-23-26-7-3-1-4-8-26/h1-16,21H,17-20,22-24H2,(H,40,41). The number of nitrogens with zero attached hydrogens (tertiary/aromatic N) is 3. The van der Waals surface area contributed by atoms with Gasteiger partial charge in [-0.05, 0) is 54.8 Å². The molecule has 5 aromatic rings. The third kappa shape index (κ3) is 6.70. The number of hydrogen-bond donors (Lipinski definition) is 1. The summed E-state index contributed by atoms with van der Waals surface area (Å²) < 4.78 is 11.4. The molecule has 2 heterocycles. The molecule has 1 aromatic heterocycles. The lowest BCUT2D eigenvalue weighted by Crippen LogP contribution is -2.46. The number of benzene rings is 4. The normalized spacial score (nSPS) is 14.9. The van der Waals surface area contributed by atoms with Crippen LogP contribution < -0.4 is 0 Å². The fourth-order valence-corrected chi connectivity index (χ4v) is 5.76. The Hall–Kier alpha value is -4.30. The second-order valence-electron chi connectivity index (χ2n) is 11.0. The summed E-state index contributed by atoms with van der Waals surface area (Å²) in [4.78, 5) is 19.1. The molecule has 8 heteroatoms. The molecule has 43 heavy (non-hydrogen) atoms. The molecule has 1 aliphatic rings. The van der Waals surface area contributed by atoms with E-state index in [9.17, 15) is 9.90 Å². The minimum absolute atomic E-state index is 0.218. The fraction of sp³-hybridized carbons (Fsp3) is 0.229. The first-order chi connectivity index (χ1) is 21.0. The van der Waals surface area contributed by atoms with Crippen molar-refractivity contribution < 1.29 is 19.2 Å². The number of carboxylic acid groups (broad SMARTS) is 1. The number of hydrogen-bond acceptors (Lipinski definition) is 6. The fourth-order valence-electron chi connectivity index (χ4n) is 5.47. The van der Waals surface area contributed by atoms with Gasteiger partial charge in [-0.1, -0.05) is 108 Å². The van der Waals surface area contributed by atoms with Crippen LogP contribution >= 0.6 is 11.6 Å². The van der Waals surface area contributed by atoms with Crippen molar-refractivity contribution in [1.82, 2.24) is 15.0 Å². The number of aliphatic carboxylic acids is 1. The number of ether oxygens (including phenoxy) is 1. The second kappa shape index (κ2) is 12.9. The molecule has 0 atom stereocenters. The molecule has 1 saturated heterocycles. The summed E-state index contributed by atoms with van der Waals surface area (Å²) in [6, 6.07) is 33.6. The largest absolute Gasteiger partial charge is 0.481 e. The van der Waals surface area contributed by atoms with Crippen molar-refractivity contribution in [2.24, 2.45) is 5.41 Å². The molecule has 1 aliphatic heterocycles. The molecule has 0 aliphatic carbocycles. The van der Waals surface area contributed by atoms with Crippen LogP contribution in [-0.2, 0) is 22.7 Å². The highest BCUT2D eigenvalue weighted by molar-refractivity contribution is 6.33. The third-order valence-electron chi connectivity index (χ3n) is 8.10. The van der Waals surface area contributed by atoms with E-state index in [1.807, 2.05) is 91.0 Å². The molecule has 0 amide bonds. The maximum Gasteiger partial charge on any atom is 0.312 e. The van der Waals surface area contributed by atoms with Crippen LogP contribution in [0.15, 0.2) is 108 Å². The van der Waals surface area contributed by atoms with E-state index in [4.69, 9.17) is 20.9 Å². The molecule has 1 N–H and O–H groups in total. The van der Waals surface area contributed by atoms with Gasteiger partial charge in [0.15, 0.2) is 0 Å². The Balaban J connectivity index is 1.05. The van der Waals surface area contributed by atoms with Crippen LogP contribution in [0.4, 0.5) is 0 Å². The van der Waals surface area contributed by atoms with Gasteiger partial charge < -0.3 is 14.4 Å². The highest BCUT2D eigenvalue weighted by Gasteiger charge is 2.41. The van der Waals surface area contributed by atoms with E-state index in [1.54, 1.807) is 0 Å². The van der Waals surface area contributed by atoms with Crippen LogP contribution in [0.2, 0.25) is 5.02 Å². The molecule has 0 unspecified atom stereocenters. The molecule has 4 aromatic carbocycles. The maximum absolute atomic E-state index is 12.2. The number of likely N-dealkylation sites (tertiary alicyclic amines) is 1. The van der Waals surface area contributed by atoms with Crippen LogP contribution in [0.1, 0.15) is 24.0 Å². The number of halogens is 1. The lowest BCUT2D eigenvalue weighted by Gasteiger charge is -2.38. The Kier molecular flexibility index (Phi) is 8.65. The monoisotopic (exact) mass is 593 g/mol. The van der Waals surface area contributed by atoms with Crippen molar-refractivity contribution in [2.75, 3.05) is 19.7 Å². The van der Waals surface area contributed by atoms with Gasteiger partial charge in [0.2, 0.25) is 5.82 Å². The van der Waals surface area contributed by atoms with Gasteiger partial charge in [0, 0.05) is 28.3 Å². The van der Waals surface area contributed by atoms with Gasteiger partial charge in [0.25, 0.3) is 5.89 Å². The average Bonchev–Trinajstić information content (AvgIpc) is 3.54. The summed E-state index contributed by atoms with van der Waals surface area (Å²) in [7, 11) is 0. The summed E-state index contributed by atoms with van der Waals surface area (Å²) in [6.07, 6.45) is 1.11. The molecule has 0 saturated carbocycles. The van der Waals surface area contributed by atoms with Crippen molar-refractivity contribution in [3.05, 3.63) is 119 Å². The molecule has 0 bridgehead atoms. The van der Waals surface area contributed by atoms with Gasteiger partial charge in [-0.2, -0.15) is 4.98 Å². The SMILES string of the molecule is O=C(O)C1(COCc2ccccc2)CCN(Cc2ccc(-c3noc(-c4ccc(-c5ccccc5)c(Cl)c4)n3)cc2)CC1. The molecular weight excluding hydrogens is 562 g/mol. The molecule has 1 fully saturated rings. The van der Waals surface area contributed by atoms with E-state index >= 15 is 0 Å². The summed E-state index contributed by atoms with van der Waals surface area (Å²) >= 11 is 6.58. The molecule has 7 nitrogen and oxygen atoms in total. The number of rotatable bonds is 10. The minimum Gasteiger partial charge on any atom is -0.481 e. The highest BCUT2D eigenvalue weighted by Crippen LogP contribution is 2.34. The first-order valence-corrected chi connectivity index (χ1v) is 14.7. The number of piperidine rings is 1. The van der Waals surface area contributed by atoms with Crippen molar-refractivity contribution in [2.45, 2.75) is 26.0 Å². The van der Waals surface area contributed by atoms with E-state index in [2.05, 4.69) is 27.2 Å². The zero-order chi connectivity index (χ0) is 29.6.